The van der Waals surface area contributed by atoms with Gasteiger partial charge in [-0.3, -0.25) is 4.98 Å². The molecule has 1 saturated carbocycles. The van der Waals surface area contributed by atoms with Gasteiger partial charge in [-0.15, -0.1) is 0 Å². The molecule has 1 aliphatic carbocycles. The highest BCUT2D eigenvalue weighted by Gasteiger charge is 2.37. The molecule has 7 nitrogen and oxygen atoms in total. The van der Waals surface area contributed by atoms with Gasteiger partial charge >= 0.3 is 0 Å². The van der Waals surface area contributed by atoms with Gasteiger partial charge in [-0.1, -0.05) is 6.92 Å². The molecule has 0 amide bonds. The van der Waals surface area contributed by atoms with Crippen molar-refractivity contribution in [3.63, 3.8) is 0 Å². The van der Waals surface area contributed by atoms with Crippen molar-refractivity contribution in [3.05, 3.63) is 30.0 Å². The average Bonchev–Trinajstić information content (AvgIpc) is 3.55. The summed E-state index contributed by atoms with van der Waals surface area (Å²) in [5.74, 6) is 1.67. The number of nitrogens with zero attached hydrogens (tertiary/aromatic N) is 3. The van der Waals surface area contributed by atoms with E-state index in [1.165, 1.54) is 9.99 Å². The van der Waals surface area contributed by atoms with Crippen molar-refractivity contribution >= 4 is 26.8 Å². The first-order chi connectivity index (χ1) is 14.3. The lowest BCUT2D eigenvalue weighted by atomic mass is 9.85. The number of ether oxygens (including phenoxy) is 1. The summed E-state index contributed by atoms with van der Waals surface area (Å²) in [6.45, 7) is 6.62. The van der Waals surface area contributed by atoms with E-state index in [-0.39, 0.29) is 6.04 Å². The molecule has 2 heterocycles. The first kappa shape index (κ1) is 21.3. The molecule has 1 aliphatic heterocycles. The maximum absolute atomic E-state index is 11.9. The number of nitrogens with two attached hydrogens (primary N) is 1. The molecule has 0 bridgehead atoms. The largest absolute Gasteiger partial charge is 0.496 e. The molecule has 30 heavy (non-hydrogen) atoms. The molecular weight excluding hydrogens is 400 g/mol. The third kappa shape index (κ3) is 4.40. The van der Waals surface area contributed by atoms with Crippen molar-refractivity contribution in [2.45, 2.75) is 45.6 Å². The fourth-order valence-corrected chi connectivity index (χ4v) is 5.79. The van der Waals surface area contributed by atoms with E-state index in [0.29, 0.717) is 18.4 Å². The minimum atomic E-state index is -3.62. The minimum Gasteiger partial charge on any atom is -0.496 e. The summed E-state index contributed by atoms with van der Waals surface area (Å²) in [6, 6.07) is 6.36. The number of methoxy groups -OCH3 is 1. The number of piperidine rings is 1. The van der Waals surface area contributed by atoms with Crippen LogP contribution in [0.15, 0.2) is 24.4 Å². The zero-order chi connectivity index (χ0) is 21.5. The molecule has 1 saturated heterocycles. The van der Waals surface area contributed by atoms with E-state index in [1.54, 1.807) is 7.11 Å². The third-order valence-corrected chi connectivity index (χ3v) is 7.77. The standard InChI is InChI=1S/C22H32N4O3S/c1-15-12-20-19(13-22(15)29-3)21(6-9-24-20)25-10-7-17(8-11-25)16(2)14-26(18-4-5-18)30(23,27)28/h6,9,12-13,16-18H,4-5,7-8,10-11,14H2,1-3H3,(H2,23,27,28). The molecule has 2 N–H and O–H groups in total. The maximum atomic E-state index is 11.9. The Hall–Kier alpha value is -1.90. The number of pyridine rings is 1. The van der Waals surface area contributed by atoms with Crippen LogP contribution in [-0.4, -0.2) is 50.5 Å². The quantitative estimate of drug-likeness (QED) is 0.726. The molecule has 164 valence electrons. The van der Waals surface area contributed by atoms with E-state index >= 15 is 0 Å². The summed E-state index contributed by atoms with van der Waals surface area (Å²) in [6.07, 6.45) is 5.81. The van der Waals surface area contributed by atoms with E-state index in [0.717, 1.165) is 61.0 Å². The highest BCUT2D eigenvalue weighted by atomic mass is 32.2. The predicted octanol–water partition coefficient (Wildman–Crippen LogP) is 3.07. The third-order valence-electron chi connectivity index (χ3n) is 6.67. The van der Waals surface area contributed by atoms with Crippen LogP contribution in [0.25, 0.3) is 10.9 Å². The topological polar surface area (TPSA) is 88.8 Å². The second-order valence-corrected chi connectivity index (χ2v) is 10.3. The van der Waals surface area contributed by atoms with Gasteiger partial charge in [0.05, 0.1) is 12.6 Å². The lowest BCUT2D eigenvalue weighted by molar-refractivity contribution is 0.239. The lowest BCUT2D eigenvalue weighted by Gasteiger charge is -2.37. The van der Waals surface area contributed by atoms with Gasteiger partial charge in [0.2, 0.25) is 0 Å². The van der Waals surface area contributed by atoms with Crippen LogP contribution in [0.3, 0.4) is 0 Å². The van der Waals surface area contributed by atoms with Crippen LogP contribution in [-0.2, 0) is 10.2 Å². The molecule has 8 heteroatoms. The maximum Gasteiger partial charge on any atom is 0.277 e. The van der Waals surface area contributed by atoms with Crippen molar-refractivity contribution < 1.29 is 13.2 Å². The Morgan fingerprint density at radius 3 is 2.57 bits per heavy atom. The van der Waals surface area contributed by atoms with Gasteiger partial charge in [0.15, 0.2) is 0 Å². The van der Waals surface area contributed by atoms with Crippen LogP contribution in [0, 0.1) is 18.8 Å². The van der Waals surface area contributed by atoms with E-state index in [9.17, 15) is 8.42 Å². The van der Waals surface area contributed by atoms with Crippen LogP contribution in [0.4, 0.5) is 5.69 Å². The molecular formula is C22H32N4O3S. The number of hydrogen-bond acceptors (Lipinski definition) is 5. The summed E-state index contributed by atoms with van der Waals surface area (Å²) in [4.78, 5) is 6.95. The zero-order valence-corrected chi connectivity index (χ0v) is 18.9. The highest BCUT2D eigenvalue weighted by molar-refractivity contribution is 7.86. The number of aromatic nitrogens is 1. The minimum absolute atomic E-state index is 0.115. The summed E-state index contributed by atoms with van der Waals surface area (Å²) >= 11 is 0. The van der Waals surface area contributed by atoms with Gasteiger partial charge in [-0.2, -0.15) is 12.7 Å². The van der Waals surface area contributed by atoms with Crippen molar-refractivity contribution in [2.75, 3.05) is 31.6 Å². The van der Waals surface area contributed by atoms with Gasteiger partial charge in [0.25, 0.3) is 10.2 Å². The molecule has 1 aromatic carbocycles. The monoisotopic (exact) mass is 432 g/mol. The van der Waals surface area contributed by atoms with Gasteiger partial charge in [-0.25, -0.2) is 5.14 Å². The van der Waals surface area contributed by atoms with Gasteiger partial charge in [0.1, 0.15) is 5.75 Å². The van der Waals surface area contributed by atoms with Gasteiger partial charge in [-0.05, 0) is 68.2 Å². The summed E-state index contributed by atoms with van der Waals surface area (Å²) in [5.41, 5.74) is 3.25. The van der Waals surface area contributed by atoms with Gasteiger partial charge < -0.3 is 9.64 Å². The lowest BCUT2D eigenvalue weighted by Crippen LogP contribution is -2.44. The van der Waals surface area contributed by atoms with E-state index in [4.69, 9.17) is 9.88 Å². The van der Waals surface area contributed by atoms with E-state index in [1.807, 2.05) is 13.1 Å². The van der Waals surface area contributed by atoms with Crippen LogP contribution in [0.5, 0.6) is 5.75 Å². The van der Waals surface area contributed by atoms with Gasteiger partial charge in [0, 0.05) is 42.9 Å². The molecule has 2 aliphatic rings. The Labute approximate surface area is 179 Å². The normalized spacial score (nSPS) is 19.4. The summed E-state index contributed by atoms with van der Waals surface area (Å²) in [7, 11) is -1.92. The number of rotatable bonds is 7. The zero-order valence-electron chi connectivity index (χ0n) is 18.0. The Morgan fingerprint density at radius 2 is 1.97 bits per heavy atom. The number of hydrogen-bond donors (Lipinski definition) is 1. The van der Waals surface area contributed by atoms with Crippen molar-refractivity contribution in [2.24, 2.45) is 17.0 Å². The fraction of sp³-hybridized carbons (Fsp3) is 0.591. The molecule has 0 spiro atoms. The molecule has 0 radical (unpaired) electrons. The number of benzene rings is 1. The fourth-order valence-electron chi connectivity index (χ4n) is 4.72. The van der Waals surface area contributed by atoms with E-state index < -0.39 is 10.2 Å². The summed E-state index contributed by atoms with van der Waals surface area (Å²) in [5, 5.41) is 6.57. The molecule has 1 atom stereocenters. The van der Waals surface area contributed by atoms with Crippen LogP contribution >= 0.6 is 0 Å². The second kappa shape index (κ2) is 8.32. The van der Waals surface area contributed by atoms with Crippen molar-refractivity contribution in [1.29, 1.82) is 0 Å². The van der Waals surface area contributed by atoms with Crippen molar-refractivity contribution in [3.8, 4) is 5.75 Å². The molecule has 4 rings (SSSR count). The van der Waals surface area contributed by atoms with Crippen LogP contribution in [0.1, 0.15) is 38.2 Å². The number of anilines is 1. The Kier molecular flexibility index (Phi) is 5.92. The Bertz CT molecular complexity index is 1010. The van der Waals surface area contributed by atoms with Crippen LogP contribution < -0.4 is 14.8 Å². The first-order valence-electron chi connectivity index (χ1n) is 10.8. The average molecular weight is 433 g/mol. The SMILES string of the molecule is COc1cc2c(N3CCC(C(C)CN(C4CC4)S(N)(=O)=O)CC3)ccnc2cc1C. The number of fused-ring (bicyclic) bond motifs is 1. The smallest absolute Gasteiger partial charge is 0.277 e. The molecule has 1 unspecified atom stereocenters. The van der Waals surface area contributed by atoms with Crippen LogP contribution in [0.2, 0.25) is 0 Å². The predicted molar refractivity (Wildman–Crippen MR) is 120 cm³/mol. The molecule has 2 fully saturated rings. The Morgan fingerprint density at radius 1 is 1.27 bits per heavy atom. The highest BCUT2D eigenvalue weighted by Crippen LogP contribution is 2.36. The summed E-state index contributed by atoms with van der Waals surface area (Å²) < 4.78 is 30.9. The second-order valence-electron chi connectivity index (χ2n) is 8.82. The number of aryl methyl sites for hydroxylation is 1. The molecule has 1 aromatic heterocycles. The first-order valence-corrected chi connectivity index (χ1v) is 12.3. The Balaban J connectivity index is 1.46. The molecule has 2 aromatic rings. The van der Waals surface area contributed by atoms with E-state index in [2.05, 4.69) is 35.0 Å². The van der Waals surface area contributed by atoms with Crippen molar-refractivity contribution in [1.82, 2.24) is 9.29 Å².